The van der Waals surface area contributed by atoms with Crippen LogP contribution in [0.5, 0.6) is 5.75 Å². The van der Waals surface area contributed by atoms with Crippen molar-refractivity contribution in [2.45, 2.75) is 18.4 Å². The Morgan fingerprint density at radius 3 is 2.62 bits per heavy atom. The fourth-order valence-electron chi connectivity index (χ4n) is 2.68. The minimum absolute atomic E-state index is 0.0543. The second kappa shape index (κ2) is 9.77. The molecular weight excluding hydrogens is 456 g/mol. The number of benzene rings is 2. The molecule has 0 atom stereocenters. The second-order valence-electron chi connectivity index (χ2n) is 6.63. The molecule has 0 spiro atoms. The predicted molar refractivity (Wildman–Crippen MR) is 120 cm³/mol. The third-order valence-corrected chi connectivity index (χ3v) is 6.02. The van der Waals surface area contributed by atoms with E-state index >= 15 is 0 Å². The lowest BCUT2D eigenvalue weighted by Gasteiger charge is -2.09. The number of amides is 1. The third kappa shape index (κ3) is 5.41. The van der Waals surface area contributed by atoms with Crippen molar-refractivity contribution in [1.82, 2.24) is 10.4 Å². The quantitative estimate of drug-likeness (QED) is 0.306. The van der Waals surface area contributed by atoms with Gasteiger partial charge in [0.2, 0.25) is 0 Å². The zero-order chi connectivity index (χ0) is 23.3. The van der Waals surface area contributed by atoms with E-state index < -0.39 is 15.9 Å². The highest BCUT2D eigenvalue weighted by Crippen LogP contribution is 2.22. The van der Waals surface area contributed by atoms with Crippen LogP contribution in [0.3, 0.4) is 0 Å². The maximum Gasteiger partial charge on any atom is 0.271 e. The third-order valence-electron chi connectivity index (χ3n) is 4.39. The summed E-state index contributed by atoms with van der Waals surface area (Å²) in [5.41, 5.74) is 3.51. The van der Waals surface area contributed by atoms with Crippen LogP contribution >= 0.6 is 11.6 Å². The molecule has 166 valence electrons. The highest BCUT2D eigenvalue weighted by molar-refractivity contribution is 7.92. The Kier molecular flexibility index (Phi) is 7.08. The number of hydrazone groups is 1. The van der Waals surface area contributed by atoms with Crippen LogP contribution in [0.1, 0.15) is 27.2 Å². The summed E-state index contributed by atoms with van der Waals surface area (Å²) >= 11 is 5.81. The van der Waals surface area contributed by atoms with Gasteiger partial charge in [-0.3, -0.25) is 14.5 Å². The lowest BCUT2D eigenvalue weighted by Crippen LogP contribution is -2.19. The lowest BCUT2D eigenvalue weighted by atomic mass is 10.1. The molecule has 0 bridgehead atoms. The van der Waals surface area contributed by atoms with Crippen LogP contribution in [0.2, 0.25) is 5.02 Å². The van der Waals surface area contributed by atoms with E-state index in [1.54, 1.807) is 19.1 Å². The number of hydrogen-bond donors (Lipinski definition) is 4. The molecule has 0 fully saturated rings. The number of nitrogens with one attached hydrogen (secondary N) is 2. The molecule has 3 aromatic rings. The first-order chi connectivity index (χ1) is 15.2. The van der Waals surface area contributed by atoms with E-state index in [9.17, 15) is 23.4 Å². The number of aromatic nitrogens is 1. The molecule has 1 heterocycles. The predicted octanol–water partition coefficient (Wildman–Crippen LogP) is 2.81. The monoisotopic (exact) mass is 474 g/mol. The van der Waals surface area contributed by atoms with E-state index in [0.717, 1.165) is 0 Å². The number of carbonyl (C=O) groups is 1. The molecule has 0 aliphatic heterocycles. The Morgan fingerprint density at radius 2 is 1.94 bits per heavy atom. The molecule has 32 heavy (non-hydrogen) atoms. The number of aryl methyl sites for hydroxylation is 1. The van der Waals surface area contributed by atoms with Crippen molar-refractivity contribution >= 4 is 39.4 Å². The van der Waals surface area contributed by atoms with Gasteiger partial charge in [-0.15, -0.1) is 0 Å². The summed E-state index contributed by atoms with van der Waals surface area (Å²) in [6.45, 7) is 1.20. The Balaban J connectivity index is 1.76. The van der Waals surface area contributed by atoms with E-state index in [2.05, 4.69) is 20.2 Å². The van der Waals surface area contributed by atoms with Crippen LogP contribution in [0.4, 0.5) is 5.69 Å². The number of aliphatic hydroxyl groups excluding tert-OH is 1. The average Bonchev–Trinajstić information content (AvgIpc) is 2.78. The number of rotatable bonds is 7. The highest BCUT2D eigenvalue weighted by atomic mass is 35.5. The fraction of sp³-hybridized carbons (Fsp3) is 0.0952. The van der Waals surface area contributed by atoms with Crippen LogP contribution < -0.4 is 10.1 Å². The van der Waals surface area contributed by atoms with E-state index in [-0.39, 0.29) is 28.4 Å². The molecule has 1 amide bonds. The van der Waals surface area contributed by atoms with Gasteiger partial charge in [0.1, 0.15) is 5.75 Å². The zero-order valence-electron chi connectivity index (χ0n) is 16.8. The lowest BCUT2D eigenvalue weighted by molar-refractivity contribution is 0.0955. The van der Waals surface area contributed by atoms with Crippen molar-refractivity contribution in [2.75, 3.05) is 4.72 Å². The van der Waals surface area contributed by atoms with Crippen molar-refractivity contribution in [3.63, 3.8) is 0 Å². The molecule has 4 N–H and O–H groups in total. The summed E-state index contributed by atoms with van der Waals surface area (Å²) in [5, 5.41) is 23.7. The van der Waals surface area contributed by atoms with Gasteiger partial charge in [-0.05, 0) is 49.4 Å². The largest absolute Gasteiger partial charge is 0.505 e. The number of sulfonamides is 1. The summed E-state index contributed by atoms with van der Waals surface area (Å²) in [6, 6.07) is 11.5. The van der Waals surface area contributed by atoms with E-state index in [4.69, 9.17) is 11.6 Å². The van der Waals surface area contributed by atoms with Gasteiger partial charge in [-0.1, -0.05) is 17.7 Å². The minimum atomic E-state index is -3.94. The van der Waals surface area contributed by atoms with Gasteiger partial charge in [0.15, 0.2) is 0 Å². The molecular formula is C21H19ClN4O5S. The summed E-state index contributed by atoms with van der Waals surface area (Å²) in [5.74, 6) is -0.837. The zero-order valence-corrected chi connectivity index (χ0v) is 18.4. The van der Waals surface area contributed by atoms with Gasteiger partial charge in [0.25, 0.3) is 15.9 Å². The Bertz CT molecular complexity index is 1280. The van der Waals surface area contributed by atoms with Crippen LogP contribution in [0, 0.1) is 6.92 Å². The first kappa shape index (κ1) is 23.2. The maximum absolute atomic E-state index is 12.6. The average molecular weight is 475 g/mol. The summed E-state index contributed by atoms with van der Waals surface area (Å²) in [6.07, 6.45) is 2.57. The number of nitrogens with zero attached hydrogens (tertiary/aromatic N) is 2. The topological polar surface area (TPSA) is 141 Å². The van der Waals surface area contributed by atoms with Crippen LogP contribution in [-0.2, 0) is 16.6 Å². The number of aromatic hydroxyl groups is 1. The SMILES string of the molecule is Cc1ncc(CO)c(/C=N/NC(=O)c2cccc(S(=O)(=O)Nc3ccc(Cl)cc3)c2)c1O. The smallest absolute Gasteiger partial charge is 0.271 e. The van der Waals surface area contributed by atoms with E-state index in [1.165, 1.54) is 48.8 Å². The fourth-order valence-corrected chi connectivity index (χ4v) is 3.91. The van der Waals surface area contributed by atoms with E-state index in [0.29, 0.717) is 22.0 Å². The molecule has 11 heteroatoms. The number of anilines is 1. The van der Waals surface area contributed by atoms with Crippen LogP contribution in [0.15, 0.2) is 64.7 Å². The molecule has 0 saturated heterocycles. The van der Waals surface area contributed by atoms with Crippen molar-refractivity contribution in [3.8, 4) is 5.75 Å². The van der Waals surface area contributed by atoms with Crippen LogP contribution in [-0.4, -0.2) is 35.7 Å². The van der Waals surface area contributed by atoms with Crippen molar-refractivity contribution in [2.24, 2.45) is 5.10 Å². The highest BCUT2D eigenvalue weighted by Gasteiger charge is 2.17. The van der Waals surface area contributed by atoms with Gasteiger partial charge < -0.3 is 10.2 Å². The molecule has 2 aromatic carbocycles. The van der Waals surface area contributed by atoms with Gasteiger partial charge in [-0.25, -0.2) is 13.8 Å². The molecule has 0 saturated carbocycles. The number of aliphatic hydroxyl groups is 1. The number of hydrogen-bond acceptors (Lipinski definition) is 7. The summed E-state index contributed by atoms with van der Waals surface area (Å²) < 4.78 is 27.7. The van der Waals surface area contributed by atoms with Crippen molar-refractivity contribution in [3.05, 3.63) is 82.1 Å². The van der Waals surface area contributed by atoms with Gasteiger partial charge in [0.05, 0.1) is 23.4 Å². The van der Waals surface area contributed by atoms with E-state index in [1.807, 2.05) is 0 Å². The first-order valence-corrected chi connectivity index (χ1v) is 11.1. The molecule has 0 aliphatic rings. The maximum atomic E-state index is 12.6. The molecule has 9 nitrogen and oxygen atoms in total. The van der Waals surface area contributed by atoms with Gasteiger partial charge in [-0.2, -0.15) is 5.10 Å². The Hall–Kier alpha value is -3.47. The number of halogens is 1. The standard InChI is InChI=1S/C21H19ClN4O5S/c1-13-20(28)19(15(12-27)10-23-13)11-24-25-21(29)14-3-2-4-18(9-14)32(30,31)26-17-7-5-16(22)6-8-17/h2-11,26-28H,12H2,1H3,(H,25,29)/b24-11+. The molecule has 1 aromatic heterocycles. The van der Waals surface area contributed by atoms with Crippen molar-refractivity contribution in [1.29, 1.82) is 0 Å². The van der Waals surface area contributed by atoms with Crippen molar-refractivity contribution < 1.29 is 23.4 Å². The summed E-state index contributed by atoms with van der Waals surface area (Å²) in [7, 11) is -3.94. The summed E-state index contributed by atoms with van der Waals surface area (Å²) in [4.78, 5) is 16.3. The Morgan fingerprint density at radius 1 is 1.22 bits per heavy atom. The van der Waals surface area contributed by atoms with Gasteiger partial charge in [0, 0.05) is 33.6 Å². The Labute approximate surface area is 189 Å². The van der Waals surface area contributed by atoms with Gasteiger partial charge >= 0.3 is 0 Å². The first-order valence-electron chi connectivity index (χ1n) is 9.21. The minimum Gasteiger partial charge on any atom is -0.505 e. The van der Waals surface area contributed by atoms with Crippen LogP contribution in [0.25, 0.3) is 0 Å². The molecule has 3 rings (SSSR count). The molecule has 0 unspecified atom stereocenters. The molecule has 0 aliphatic carbocycles. The number of carbonyl (C=O) groups excluding carboxylic acids is 1. The second-order valence-corrected chi connectivity index (χ2v) is 8.75. The number of pyridine rings is 1. The normalized spacial score (nSPS) is 11.5. The molecule has 0 radical (unpaired) electrons.